The molecule has 0 fully saturated rings. The van der Waals surface area contributed by atoms with Gasteiger partial charge in [0.25, 0.3) is 0 Å². The van der Waals surface area contributed by atoms with Crippen molar-refractivity contribution in [3.8, 4) is 0 Å². The molecular weight excluding hydrogens is 419 g/mol. The lowest BCUT2D eigenvalue weighted by Gasteiger charge is -2.12. The van der Waals surface area contributed by atoms with Crippen LogP contribution in [-0.4, -0.2) is 20.6 Å². The van der Waals surface area contributed by atoms with Gasteiger partial charge in [-0.3, -0.25) is 0 Å². The fraction of sp³-hybridized carbons (Fsp3) is 0.167. The lowest BCUT2D eigenvalue weighted by Crippen LogP contribution is -2.08. The molecule has 3 aromatic rings. The second-order valence-electron chi connectivity index (χ2n) is 6.87. The summed E-state index contributed by atoms with van der Waals surface area (Å²) < 4.78 is 1.91. The van der Waals surface area contributed by atoms with Gasteiger partial charge >= 0.3 is 5.97 Å². The molecule has 4 nitrogen and oxygen atoms in total. The van der Waals surface area contributed by atoms with Crippen LogP contribution in [0, 0.1) is 0 Å². The summed E-state index contributed by atoms with van der Waals surface area (Å²) >= 11 is 12.9. The Morgan fingerprint density at radius 1 is 1.10 bits per heavy atom. The monoisotopic (exact) mass is 440 g/mol. The van der Waals surface area contributed by atoms with Crippen LogP contribution >= 0.6 is 23.2 Å². The summed E-state index contributed by atoms with van der Waals surface area (Å²) in [6.07, 6.45) is 6.26. The summed E-state index contributed by atoms with van der Waals surface area (Å²) in [5.74, 6) is -0.224. The number of carbonyl (C=O) groups is 1. The molecule has 0 bridgehead atoms. The third-order valence-corrected chi connectivity index (χ3v) is 5.35. The van der Waals surface area contributed by atoms with Gasteiger partial charge < -0.3 is 9.67 Å². The number of aromatic nitrogens is 2. The number of carboxylic acid groups (broad SMARTS) is 1. The van der Waals surface area contributed by atoms with Crippen LogP contribution < -0.4 is 0 Å². The molecule has 154 valence electrons. The highest BCUT2D eigenvalue weighted by Crippen LogP contribution is 2.26. The van der Waals surface area contributed by atoms with Gasteiger partial charge in [0.15, 0.2) is 5.15 Å². The minimum atomic E-state index is -0.996. The average molecular weight is 441 g/mol. The largest absolute Gasteiger partial charge is 0.478 e. The zero-order chi connectivity index (χ0) is 21.7. The van der Waals surface area contributed by atoms with Crippen LogP contribution in [0.5, 0.6) is 0 Å². The number of hydrogen-bond acceptors (Lipinski definition) is 2. The summed E-state index contributed by atoms with van der Waals surface area (Å²) in [6.45, 7) is 3.96. The molecule has 0 saturated heterocycles. The lowest BCUT2D eigenvalue weighted by molar-refractivity contribution is -0.132. The second kappa shape index (κ2) is 9.79. The fourth-order valence-electron chi connectivity index (χ4n) is 3.05. The topological polar surface area (TPSA) is 55.1 Å². The van der Waals surface area contributed by atoms with E-state index in [0.29, 0.717) is 23.7 Å². The number of carboxylic acids is 1. The molecular formula is C24H22Cl2N2O2. The maximum Gasteiger partial charge on any atom is 0.331 e. The standard InChI is InChI=1S/C24H22Cl2N2O2/c1-3-22-27-23(26)21(13-16(2)24(29)30)28(22)15-19-12-11-18(14-20(19)25)10-9-17-7-5-4-6-8-17/h4-14H,3,15H2,1-2H3,(H,29,30)/b10-9+,16-13+. The summed E-state index contributed by atoms with van der Waals surface area (Å²) in [6, 6.07) is 15.9. The summed E-state index contributed by atoms with van der Waals surface area (Å²) in [5, 5.41) is 10.1. The molecule has 1 N–H and O–H groups in total. The van der Waals surface area contributed by atoms with Crippen molar-refractivity contribution in [1.82, 2.24) is 9.55 Å². The molecule has 1 heterocycles. The van der Waals surface area contributed by atoms with Gasteiger partial charge in [-0.25, -0.2) is 9.78 Å². The minimum Gasteiger partial charge on any atom is -0.478 e. The van der Waals surface area contributed by atoms with E-state index in [1.54, 1.807) is 6.08 Å². The molecule has 0 saturated carbocycles. The number of aliphatic carboxylic acids is 1. The van der Waals surface area contributed by atoms with Crippen LogP contribution in [0.4, 0.5) is 0 Å². The second-order valence-corrected chi connectivity index (χ2v) is 7.64. The number of imidazole rings is 1. The molecule has 0 amide bonds. The number of hydrogen-bond donors (Lipinski definition) is 1. The van der Waals surface area contributed by atoms with Crippen LogP contribution in [0.2, 0.25) is 10.2 Å². The van der Waals surface area contributed by atoms with E-state index in [0.717, 1.165) is 22.5 Å². The first-order chi connectivity index (χ1) is 14.4. The van der Waals surface area contributed by atoms with E-state index in [-0.39, 0.29) is 10.7 Å². The highest BCUT2D eigenvalue weighted by Gasteiger charge is 2.16. The first-order valence-corrected chi connectivity index (χ1v) is 10.3. The Bertz CT molecular complexity index is 1120. The molecule has 0 aliphatic heterocycles. The van der Waals surface area contributed by atoms with Crippen molar-refractivity contribution in [1.29, 1.82) is 0 Å². The van der Waals surface area contributed by atoms with Crippen molar-refractivity contribution >= 4 is 47.4 Å². The van der Waals surface area contributed by atoms with Crippen molar-refractivity contribution in [3.63, 3.8) is 0 Å². The Balaban J connectivity index is 1.90. The van der Waals surface area contributed by atoms with Crippen LogP contribution in [0.15, 0.2) is 54.1 Å². The van der Waals surface area contributed by atoms with Gasteiger partial charge in [-0.1, -0.05) is 84.7 Å². The van der Waals surface area contributed by atoms with Gasteiger partial charge in [-0.15, -0.1) is 0 Å². The molecule has 3 rings (SSSR count). The zero-order valence-corrected chi connectivity index (χ0v) is 18.3. The first kappa shape index (κ1) is 21.9. The Hall–Kier alpha value is -2.82. The fourth-order valence-corrected chi connectivity index (χ4v) is 3.56. The third-order valence-electron chi connectivity index (χ3n) is 4.72. The predicted octanol–water partition coefficient (Wildman–Crippen LogP) is 6.46. The van der Waals surface area contributed by atoms with E-state index in [4.69, 9.17) is 23.2 Å². The van der Waals surface area contributed by atoms with Crippen LogP contribution in [-0.2, 0) is 17.8 Å². The van der Waals surface area contributed by atoms with E-state index in [1.165, 1.54) is 6.92 Å². The lowest BCUT2D eigenvalue weighted by atomic mass is 10.1. The van der Waals surface area contributed by atoms with Gasteiger partial charge in [-0.05, 0) is 35.8 Å². The maximum atomic E-state index is 11.2. The molecule has 30 heavy (non-hydrogen) atoms. The molecule has 0 aliphatic rings. The molecule has 0 unspecified atom stereocenters. The average Bonchev–Trinajstić information content (AvgIpc) is 3.03. The van der Waals surface area contributed by atoms with E-state index in [2.05, 4.69) is 4.98 Å². The Morgan fingerprint density at radius 2 is 1.80 bits per heavy atom. The van der Waals surface area contributed by atoms with E-state index < -0.39 is 5.97 Å². The Morgan fingerprint density at radius 3 is 2.43 bits per heavy atom. The molecule has 0 atom stereocenters. The molecule has 6 heteroatoms. The summed E-state index contributed by atoms with van der Waals surface area (Å²) in [7, 11) is 0. The van der Waals surface area contributed by atoms with E-state index >= 15 is 0 Å². The van der Waals surface area contributed by atoms with Crippen molar-refractivity contribution < 1.29 is 9.90 Å². The smallest absolute Gasteiger partial charge is 0.331 e. The van der Waals surface area contributed by atoms with Crippen LogP contribution in [0.3, 0.4) is 0 Å². The molecule has 1 aromatic heterocycles. The van der Waals surface area contributed by atoms with Gasteiger partial charge in [0.05, 0.1) is 12.2 Å². The van der Waals surface area contributed by atoms with E-state index in [9.17, 15) is 9.90 Å². The van der Waals surface area contributed by atoms with Crippen molar-refractivity contribution in [2.45, 2.75) is 26.8 Å². The maximum absolute atomic E-state index is 11.2. The Labute approximate surface area is 186 Å². The van der Waals surface area contributed by atoms with Gasteiger partial charge in [-0.2, -0.15) is 0 Å². The van der Waals surface area contributed by atoms with Gasteiger partial charge in [0, 0.05) is 17.0 Å². The van der Waals surface area contributed by atoms with Crippen LogP contribution in [0.25, 0.3) is 18.2 Å². The van der Waals surface area contributed by atoms with Crippen molar-refractivity contribution in [3.05, 3.63) is 92.5 Å². The van der Waals surface area contributed by atoms with Crippen molar-refractivity contribution in [2.24, 2.45) is 0 Å². The highest BCUT2D eigenvalue weighted by molar-refractivity contribution is 6.31. The summed E-state index contributed by atoms with van der Waals surface area (Å²) in [4.78, 5) is 15.6. The molecule has 0 spiro atoms. The normalized spacial score (nSPS) is 11.9. The quantitative estimate of drug-likeness (QED) is 0.338. The van der Waals surface area contributed by atoms with Crippen LogP contribution in [0.1, 0.15) is 42.1 Å². The minimum absolute atomic E-state index is 0.188. The molecule has 2 aromatic carbocycles. The number of halogens is 2. The third kappa shape index (κ3) is 5.21. The summed E-state index contributed by atoms with van der Waals surface area (Å²) in [5.41, 5.74) is 3.77. The Kier molecular flexibility index (Phi) is 7.14. The molecule has 0 aliphatic carbocycles. The van der Waals surface area contributed by atoms with E-state index in [1.807, 2.05) is 72.2 Å². The number of nitrogens with zero attached hydrogens (tertiary/aromatic N) is 2. The SMILES string of the molecule is CCc1nc(Cl)c(/C=C(\C)C(=O)O)n1Cc1ccc(/C=C/c2ccccc2)cc1Cl. The highest BCUT2D eigenvalue weighted by atomic mass is 35.5. The number of aryl methyl sites for hydroxylation is 1. The van der Waals surface area contributed by atoms with Gasteiger partial charge in [0.1, 0.15) is 5.82 Å². The zero-order valence-electron chi connectivity index (χ0n) is 16.8. The predicted molar refractivity (Wildman–Crippen MR) is 124 cm³/mol. The molecule has 0 radical (unpaired) electrons. The van der Waals surface area contributed by atoms with Gasteiger partial charge in [0.2, 0.25) is 0 Å². The van der Waals surface area contributed by atoms with Crippen molar-refractivity contribution in [2.75, 3.05) is 0 Å². The number of rotatable bonds is 7. The first-order valence-electron chi connectivity index (χ1n) is 9.57. The number of benzene rings is 2.